The number of nitrogens with two attached hydrogens (primary N) is 1. The minimum atomic E-state index is -0.325. The van der Waals surface area contributed by atoms with Crippen molar-refractivity contribution >= 4 is 5.78 Å². The highest BCUT2D eigenvalue weighted by Gasteiger charge is 2.25. The maximum Gasteiger partial charge on any atom is 0.171 e. The quantitative estimate of drug-likeness (QED) is 0.848. The van der Waals surface area contributed by atoms with Crippen LogP contribution in [0.5, 0.6) is 5.75 Å². The number of ketones is 1. The van der Waals surface area contributed by atoms with Crippen LogP contribution in [-0.4, -0.2) is 12.9 Å². The van der Waals surface area contributed by atoms with Gasteiger partial charge >= 0.3 is 0 Å². The van der Waals surface area contributed by atoms with Crippen molar-refractivity contribution in [1.82, 2.24) is 0 Å². The second-order valence-corrected chi connectivity index (χ2v) is 4.79. The Bertz CT molecular complexity index is 581. The molecule has 0 aliphatic rings. The van der Waals surface area contributed by atoms with Gasteiger partial charge in [-0.2, -0.15) is 0 Å². The van der Waals surface area contributed by atoms with Crippen molar-refractivity contribution in [3.63, 3.8) is 0 Å². The third kappa shape index (κ3) is 2.89. The molecule has 2 aromatic carbocycles. The number of carbonyl (C=O) groups excluding carboxylic acids is 1. The number of hydrogen-bond acceptors (Lipinski definition) is 3. The molecule has 2 atom stereocenters. The molecule has 3 heteroatoms. The highest BCUT2D eigenvalue weighted by Crippen LogP contribution is 2.27. The Balaban J connectivity index is 2.24. The maximum atomic E-state index is 12.6. The Morgan fingerprint density at radius 3 is 2.30 bits per heavy atom. The predicted octanol–water partition coefficient (Wildman–Crippen LogP) is 3.21. The molecule has 2 unspecified atom stereocenters. The van der Waals surface area contributed by atoms with Crippen molar-refractivity contribution in [2.75, 3.05) is 7.11 Å². The Kier molecular flexibility index (Phi) is 4.53. The molecule has 0 fully saturated rings. The van der Waals surface area contributed by atoms with Gasteiger partial charge in [0, 0.05) is 12.0 Å². The molecular weight excluding hydrogens is 250 g/mol. The first-order valence-electron chi connectivity index (χ1n) is 6.63. The summed E-state index contributed by atoms with van der Waals surface area (Å²) in [5.74, 6) is 0.275. The van der Waals surface area contributed by atoms with E-state index < -0.39 is 0 Å². The van der Waals surface area contributed by atoms with Gasteiger partial charge in [-0.15, -0.1) is 0 Å². The molecule has 3 nitrogen and oxygen atoms in total. The Hall–Kier alpha value is -2.13. The monoisotopic (exact) mass is 269 g/mol. The molecule has 0 amide bonds. The van der Waals surface area contributed by atoms with E-state index >= 15 is 0 Å². The van der Waals surface area contributed by atoms with Crippen LogP contribution in [0.25, 0.3) is 0 Å². The van der Waals surface area contributed by atoms with Crippen LogP contribution in [-0.2, 0) is 0 Å². The van der Waals surface area contributed by atoms with Crippen LogP contribution in [0.4, 0.5) is 0 Å². The van der Waals surface area contributed by atoms with Gasteiger partial charge in [-0.05, 0) is 17.7 Å². The molecule has 104 valence electrons. The summed E-state index contributed by atoms with van der Waals surface area (Å²) in [7, 11) is 1.56. The van der Waals surface area contributed by atoms with E-state index in [1.165, 1.54) is 0 Å². The summed E-state index contributed by atoms with van der Waals surface area (Å²) in [5, 5.41) is 0. The topological polar surface area (TPSA) is 52.3 Å². The summed E-state index contributed by atoms with van der Waals surface area (Å²) in [6.45, 7) is 1.85. The lowest BCUT2D eigenvalue weighted by Crippen LogP contribution is -2.26. The molecule has 0 aliphatic heterocycles. The van der Waals surface area contributed by atoms with Crippen LogP contribution in [0, 0.1) is 5.92 Å². The molecular formula is C17H19NO2. The number of hydrogen-bond donors (Lipinski definition) is 1. The molecule has 0 saturated heterocycles. The molecule has 0 aliphatic carbocycles. The number of benzene rings is 2. The van der Waals surface area contributed by atoms with Crippen LogP contribution in [0.2, 0.25) is 0 Å². The number of carbonyl (C=O) groups is 1. The van der Waals surface area contributed by atoms with E-state index in [9.17, 15) is 4.79 Å². The predicted molar refractivity (Wildman–Crippen MR) is 79.9 cm³/mol. The summed E-state index contributed by atoms with van der Waals surface area (Å²) in [5.41, 5.74) is 7.75. The molecule has 0 heterocycles. The van der Waals surface area contributed by atoms with E-state index in [4.69, 9.17) is 10.5 Å². The van der Waals surface area contributed by atoms with E-state index in [0.717, 1.165) is 5.56 Å². The molecule has 2 rings (SSSR count). The molecule has 2 N–H and O–H groups in total. The summed E-state index contributed by atoms with van der Waals surface area (Å²) in [4.78, 5) is 12.6. The highest BCUT2D eigenvalue weighted by atomic mass is 16.5. The molecule has 2 aromatic rings. The maximum absolute atomic E-state index is 12.6. The number of rotatable bonds is 5. The normalized spacial score (nSPS) is 13.6. The van der Waals surface area contributed by atoms with E-state index in [1.807, 2.05) is 49.4 Å². The minimum Gasteiger partial charge on any atom is -0.496 e. The summed E-state index contributed by atoms with van der Waals surface area (Å²) < 4.78 is 5.24. The Morgan fingerprint density at radius 1 is 1.05 bits per heavy atom. The summed E-state index contributed by atoms with van der Waals surface area (Å²) in [6.07, 6.45) is 0. The van der Waals surface area contributed by atoms with E-state index in [0.29, 0.717) is 11.3 Å². The number of para-hydroxylation sites is 1. The lowest BCUT2D eigenvalue weighted by molar-refractivity contribution is 0.0909. The van der Waals surface area contributed by atoms with Gasteiger partial charge in [0.25, 0.3) is 0 Å². The van der Waals surface area contributed by atoms with Gasteiger partial charge in [0.2, 0.25) is 0 Å². The molecule has 0 aromatic heterocycles. The van der Waals surface area contributed by atoms with Crippen LogP contribution >= 0.6 is 0 Å². The zero-order valence-corrected chi connectivity index (χ0v) is 11.7. The van der Waals surface area contributed by atoms with Gasteiger partial charge in [-0.3, -0.25) is 4.79 Å². The third-order valence-corrected chi connectivity index (χ3v) is 3.51. The van der Waals surface area contributed by atoms with E-state index in [2.05, 4.69) is 0 Å². The SMILES string of the molecule is COc1ccccc1C(=O)C(C)C(N)c1ccccc1. The van der Waals surface area contributed by atoms with Gasteiger partial charge in [0.1, 0.15) is 5.75 Å². The molecule has 0 radical (unpaired) electrons. The van der Waals surface area contributed by atoms with Crippen LogP contribution in [0.3, 0.4) is 0 Å². The van der Waals surface area contributed by atoms with E-state index in [-0.39, 0.29) is 17.7 Å². The van der Waals surface area contributed by atoms with Crippen molar-refractivity contribution in [2.24, 2.45) is 11.7 Å². The van der Waals surface area contributed by atoms with Crippen molar-refractivity contribution < 1.29 is 9.53 Å². The third-order valence-electron chi connectivity index (χ3n) is 3.51. The first-order chi connectivity index (χ1) is 9.65. The van der Waals surface area contributed by atoms with E-state index in [1.54, 1.807) is 19.2 Å². The lowest BCUT2D eigenvalue weighted by atomic mass is 9.88. The molecule has 0 spiro atoms. The number of ether oxygens (including phenoxy) is 1. The highest BCUT2D eigenvalue weighted by molar-refractivity contribution is 6.00. The van der Waals surface area contributed by atoms with Crippen LogP contribution < -0.4 is 10.5 Å². The summed E-state index contributed by atoms with van der Waals surface area (Å²) >= 11 is 0. The van der Waals surface area contributed by atoms with Gasteiger partial charge in [0.05, 0.1) is 12.7 Å². The fourth-order valence-electron chi connectivity index (χ4n) is 2.22. The standard InChI is InChI=1S/C17H19NO2/c1-12(16(18)13-8-4-3-5-9-13)17(19)14-10-6-7-11-15(14)20-2/h3-12,16H,18H2,1-2H3. The summed E-state index contributed by atoms with van der Waals surface area (Å²) in [6, 6.07) is 16.6. The second-order valence-electron chi connectivity index (χ2n) is 4.79. The second kappa shape index (κ2) is 6.35. The zero-order chi connectivity index (χ0) is 14.5. The van der Waals surface area contributed by atoms with Gasteiger partial charge in [-0.25, -0.2) is 0 Å². The first-order valence-corrected chi connectivity index (χ1v) is 6.63. The fraction of sp³-hybridized carbons (Fsp3) is 0.235. The molecule has 20 heavy (non-hydrogen) atoms. The Labute approximate surface area is 119 Å². The Morgan fingerprint density at radius 2 is 1.65 bits per heavy atom. The van der Waals surface area contributed by atoms with Gasteiger partial charge in [0.15, 0.2) is 5.78 Å². The first kappa shape index (κ1) is 14.3. The van der Waals surface area contributed by atoms with Gasteiger partial charge < -0.3 is 10.5 Å². The number of methoxy groups -OCH3 is 1. The van der Waals surface area contributed by atoms with Crippen molar-refractivity contribution in [2.45, 2.75) is 13.0 Å². The van der Waals surface area contributed by atoms with Crippen molar-refractivity contribution in [1.29, 1.82) is 0 Å². The zero-order valence-electron chi connectivity index (χ0n) is 11.7. The van der Waals surface area contributed by atoms with Crippen molar-refractivity contribution in [3.8, 4) is 5.75 Å². The average Bonchev–Trinajstić information content (AvgIpc) is 2.53. The minimum absolute atomic E-state index is 0.00111. The lowest BCUT2D eigenvalue weighted by Gasteiger charge is -2.20. The molecule has 0 saturated carbocycles. The van der Waals surface area contributed by atoms with Gasteiger partial charge in [-0.1, -0.05) is 49.4 Å². The van der Waals surface area contributed by atoms with Crippen molar-refractivity contribution in [3.05, 3.63) is 65.7 Å². The average molecular weight is 269 g/mol. The largest absolute Gasteiger partial charge is 0.496 e. The fourth-order valence-corrected chi connectivity index (χ4v) is 2.22. The molecule has 0 bridgehead atoms. The van der Waals surface area contributed by atoms with Crippen LogP contribution in [0.15, 0.2) is 54.6 Å². The van der Waals surface area contributed by atoms with Crippen LogP contribution in [0.1, 0.15) is 28.9 Å². The number of Topliss-reactive ketones (excluding diaryl/α,β-unsaturated/α-hetero) is 1. The smallest absolute Gasteiger partial charge is 0.171 e.